The molecule has 0 aliphatic rings. The van der Waals surface area contributed by atoms with Gasteiger partial charge >= 0.3 is 11.9 Å². The lowest BCUT2D eigenvalue weighted by molar-refractivity contribution is -0.150. The quantitative estimate of drug-likeness (QED) is 0.486. The Morgan fingerprint density at radius 3 is 2.52 bits per heavy atom. The van der Waals surface area contributed by atoms with E-state index in [1.165, 1.54) is 12.1 Å². The molecule has 0 aliphatic carbocycles. The summed E-state index contributed by atoms with van der Waals surface area (Å²) < 4.78 is 14.7. The Morgan fingerprint density at radius 1 is 1.08 bits per heavy atom. The van der Waals surface area contributed by atoms with Gasteiger partial charge in [0.15, 0.2) is 13.2 Å². The fraction of sp³-hybridized carbons (Fsp3) is 0.438. The van der Waals surface area contributed by atoms with E-state index in [1.807, 2.05) is 0 Å². The number of carbonyl (C=O) groups excluding carboxylic acids is 3. The molecule has 1 aromatic rings. The summed E-state index contributed by atoms with van der Waals surface area (Å²) in [7, 11) is 0. The molecule has 138 valence electrons. The molecule has 0 aliphatic heterocycles. The summed E-state index contributed by atoms with van der Waals surface area (Å²) in [5.41, 5.74) is 0. The van der Waals surface area contributed by atoms with E-state index in [9.17, 15) is 14.4 Å². The van der Waals surface area contributed by atoms with Crippen LogP contribution in [-0.4, -0.2) is 44.2 Å². The summed E-state index contributed by atoms with van der Waals surface area (Å²) in [5, 5.41) is 3.23. The van der Waals surface area contributed by atoms with Crippen LogP contribution in [0.1, 0.15) is 19.8 Å². The molecule has 0 saturated carbocycles. The lowest BCUT2D eigenvalue weighted by atomic mass is 10.3. The highest BCUT2D eigenvalue weighted by Crippen LogP contribution is 2.27. The molecule has 1 aromatic carbocycles. The summed E-state index contributed by atoms with van der Waals surface area (Å²) in [5.74, 6) is -1.22. The first-order chi connectivity index (χ1) is 11.9. The molecule has 0 fully saturated rings. The molecule has 0 saturated heterocycles. The Morgan fingerprint density at radius 2 is 1.84 bits per heavy atom. The van der Waals surface area contributed by atoms with Crippen molar-refractivity contribution in [2.24, 2.45) is 0 Å². The number of amides is 1. The van der Waals surface area contributed by atoms with Gasteiger partial charge in [0.2, 0.25) is 0 Å². The summed E-state index contributed by atoms with van der Waals surface area (Å²) in [6.45, 7) is 1.50. The third kappa shape index (κ3) is 9.16. The van der Waals surface area contributed by atoms with Gasteiger partial charge in [0, 0.05) is 18.0 Å². The average molecular weight is 392 g/mol. The Hall–Kier alpha value is -1.99. The van der Waals surface area contributed by atoms with Crippen LogP contribution in [0, 0.1) is 0 Å². The van der Waals surface area contributed by atoms with Crippen LogP contribution >= 0.6 is 23.2 Å². The fourth-order valence-electron chi connectivity index (χ4n) is 1.66. The van der Waals surface area contributed by atoms with Crippen molar-refractivity contribution in [2.45, 2.75) is 19.8 Å². The molecular weight excluding hydrogens is 373 g/mol. The number of rotatable bonds is 10. The zero-order valence-corrected chi connectivity index (χ0v) is 15.2. The van der Waals surface area contributed by atoms with Crippen molar-refractivity contribution in [3.63, 3.8) is 0 Å². The van der Waals surface area contributed by atoms with Crippen LogP contribution in [0.15, 0.2) is 18.2 Å². The Bertz CT molecular complexity index is 608. The van der Waals surface area contributed by atoms with Crippen LogP contribution in [0.3, 0.4) is 0 Å². The van der Waals surface area contributed by atoms with Gasteiger partial charge in [-0.25, -0.2) is 4.79 Å². The maximum atomic E-state index is 11.5. The number of hydrogen-bond donors (Lipinski definition) is 1. The van der Waals surface area contributed by atoms with Crippen LogP contribution in [0.4, 0.5) is 0 Å². The fourth-order valence-corrected chi connectivity index (χ4v) is 2.12. The van der Waals surface area contributed by atoms with Gasteiger partial charge in [0.1, 0.15) is 5.75 Å². The number of halogens is 2. The predicted octanol–water partition coefficient (Wildman–Crippen LogP) is 2.37. The van der Waals surface area contributed by atoms with E-state index in [0.717, 1.165) is 0 Å². The summed E-state index contributed by atoms with van der Waals surface area (Å²) in [4.78, 5) is 34.1. The number of nitrogens with one attached hydrogen (secondary N) is 1. The van der Waals surface area contributed by atoms with Gasteiger partial charge in [-0.1, -0.05) is 23.2 Å². The summed E-state index contributed by atoms with van der Waals surface area (Å²) in [6.07, 6.45) is 0.653. The maximum absolute atomic E-state index is 11.5. The van der Waals surface area contributed by atoms with Crippen molar-refractivity contribution < 1.29 is 28.6 Å². The first-order valence-electron chi connectivity index (χ1n) is 7.58. The highest BCUT2D eigenvalue weighted by Gasteiger charge is 2.10. The lowest BCUT2D eigenvalue weighted by Crippen LogP contribution is -2.30. The predicted molar refractivity (Wildman–Crippen MR) is 91.8 cm³/mol. The van der Waals surface area contributed by atoms with Gasteiger partial charge < -0.3 is 19.5 Å². The molecule has 1 rings (SSSR count). The van der Waals surface area contributed by atoms with E-state index >= 15 is 0 Å². The van der Waals surface area contributed by atoms with E-state index < -0.39 is 25.1 Å². The normalized spacial score (nSPS) is 10.0. The van der Waals surface area contributed by atoms with Gasteiger partial charge in [-0.15, -0.1) is 0 Å². The SMILES string of the molecule is CCOC(=O)CCCNC(=O)COC(=O)COc1ccc(Cl)cc1Cl. The third-order valence-corrected chi connectivity index (χ3v) is 3.32. The molecule has 1 amide bonds. The largest absolute Gasteiger partial charge is 0.480 e. The maximum Gasteiger partial charge on any atom is 0.344 e. The first-order valence-corrected chi connectivity index (χ1v) is 8.33. The van der Waals surface area contributed by atoms with Gasteiger partial charge in [0.05, 0.1) is 11.6 Å². The second kappa shape index (κ2) is 11.5. The highest BCUT2D eigenvalue weighted by molar-refractivity contribution is 6.35. The molecule has 0 atom stereocenters. The minimum atomic E-state index is -0.715. The molecule has 0 unspecified atom stereocenters. The zero-order valence-electron chi connectivity index (χ0n) is 13.7. The Labute approximate surface area is 155 Å². The van der Waals surface area contributed by atoms with Crippen molar-refractivity contribution in [2.75, 3.05) is 26.4 Å². The van der Waals surface area contributed by atoms with Crippen LogP contribution in [-0.2, 0) is 23.9 Å². The van der Waals surface area contributed by atoms with Crippen LogP contribution in [0.5, 0.6) is 5.75 Å². The van der Waals surface area contributed by atoms with Crippen LogP contribution < -0.4 is 10.1 Å². The zero-order chi connectivity index (χ0) is 18.7. The van der Waals surface area contributed by atoms with Gasteiger partial charge in [0.25, 0.3) is 5.91 Å². The molecule has 0 radical (unpaired) electrons. The minimum absolute atomic E-state index is 0.212. The van der Waals surface area contributed by atoms with Crippen molar-refractivity contribution in [3.8, 4) is 5.75 Å². The molecule has 0 spiro atoms. The van der Waals surface area contributed by atoms with Crippen molar-refractivity contribution >= 4 is 41.0 Å². The van der Waals surface area contributed by atoms with Crippen molar-refractivity contribution in [1.82, 2.24) is 5.32 Å². The molecule has 7 nitrogen and oxygen atoms in total. The molecule has 25 heavy (non-hydrogen) atoms. The highest BCUT2D eigenvalue weighted by atomic mass is 35.5. The van der Waals surface area contributed by atoms with Crippen molar-refractivity contribution in [1.29, 1.82) is 0 Å². The smallest absolute Gasteiger partial charge is 0.344 e. The number of ether oxygens (including phenoxy) is 3. The number of hydrogen-bond acceptors (Lipinski definition) is 6. The lowest BCUT2D eigenvalue weighted by Gasteiger charge is -2.09. The van der Waals surface area contributed by atoms with E-state index in [-0.39, 0.29) is 29.7 Å². The number of esters is 2. The van der Waals surface area contributed by atoms with Gasteiger partial charge in [-0.05, 0) is 31.5 Å². The van der Waals surface area contributed by atoms with E-state index in [4.69, 9.17) is 37.4 Å². The summed E-state index contributed by atoms with van der Waals surface area (Å²) >= 11 is 11.6. The van der Waals surface area contributed by atoms with E-state index in [2.05, 4.69) is 5.32 Å². The van der Waals surface area contributed by atoms with E-state index in [1.54, 1.807) is 13.0 Å². The summed E-state index contributed by atoms with van der Waals surface area (Å²) in [6, 6.07) is 4.57. The monoisotopic (exact) mass is 391 g/mol. The number of benzene rings is 1. The first kappa shape index (κ1) is 21.1. The Kier molecular flexibility index (Phi) is 9.72. The third-order valence-electron chi connectivity index (χ3n) is 2.79. The molecule has 9 heteroatoms. The van der Waals surface area contributed by atoms with Gasteiger partial charge in [-0.3, -0.25) is 9.59 Å². The number of carbonyl (C=O) groups is 3. The molecule has 0 aromatic heterocycles. The second-order valence-corrected chi connectivity index (χ2v) is 5.63. The topological polar surface area (TPSA) is 90.9 Å². The Balaban J connectivity index is 2.16. The minimum Gasteiger partial charge on any atom is -0.480 e. The van der Waals surface area contributed by atoms with E-state index in [0.29, 0.717) is 18.1 Å². The van der Waals surface area contributed by atoms with Crippen LogP contribution in [0.25, 0.3) is 0 Å². The van der Waals surface area contributed by atoms with Crippen LogP contribution in [0.2, 0.25) is 10.0 Å². The molecular formula is C16H19Cl2NO6. The molecule has 0 bridgehead atoms. The molecule has 0 heterocycles. The average Bonchev–Trinajstić information content (AvgIpc) is 2.56. The standard InChI is InChI=1S/C16H19Cl2NO6/c1-2-23-15(21)4-3-7-19-14(20)9-25-16(22)10-24-13-6-5-11(17)8-12(13)18/h5-6,8H,2-4,7,9-10H2,1H3,(H,19,20). The van der Waals surface area contributed by atoms with Gasteiger partial charge in [-0.2, -0.15) is 0 Å². The molecule has 1 N–H and O–H groups in total. The van der Waals surface area contributed by atoms with Crippen molar-refractivity contribution in [3.05, 3.63) is 28.2 Å². The second-order valence-electron chi connectivity index (χ2n) is 4.78.